The summed E-state index contributed by atoms with van der Waals surface area (Å²) in [7, 11) is 0. The third kappa shape index (κ3) is 20.9. The molecule has 0 saturated carbocycles. The Morgan fingerprint density at radius 2 is 1.00 bits per heavy atom. The third-order valence-electron chi connectivity index (χ3n) is 12.3. The van der Waals surface area contributed by atoms with E-state index < -0.39 is 124 Å². The summed E-state index contributed by atoms with van der Waals surface area (Å²) in [5.74, 6) is -0.362. The van der Waals surface area contributed by atoms with Gasteiger partial charge in [0.05, 0.1) is 38.6 Å². The molecule has 12 N–H and O–H groups in total. The van der Waals surface area contributed by atoms with Crippen molar-refractivity contribution in [3.05, 3.63) is 60.8 Å². The van der Waals surface area contributed by atoms with Gasteiger partial charge in [-0.3, -0.25) is 4.79 Å². The molecular weight excluding hydrogens is 903 g/mol. The lowest BCUT2D eigenvalue weighted by molar-refractivity contribution is -0.379. The molecule has 3 heterocycles. The number of hydrogen-bond acceptors (Lipinski definition) is 18. The number of aliphatic hydroxyl groups excluding tert-OH is 11. The lowest BCUT2D eigenvalue weighted by atomic mass is 9.96. The smallest absolute Gasteiger partial charge is 0.220 e. The summed E-state index contributed by atoms with van der Waals surface area (Å²) in [5.41, 5.74) is 0. The van der Waals surface area contributed by atoms with Crippen molar-refractivity contribution in [3.63, 3.8) is 0 Å². The molecule has 0 radical (unpaired) electrons. The Bertz CT molecular complexity index is 1510. The van der Waals surface area contributed by atoms with Crippen molar-refractivity contribution >= 4 is 5.91 Å². The molecule has 0 aromatic rings. The van der Waals surface area contributed by atoms with Gasteiger partial charge in [-0.25, -0.2) is 0 Å². The molecule has 3 aliphatic rings. The van der Waals surface area contributed by atoms with Crippen LogP contribution in [0.1, 0.15) is 117 Å². The molecule has 19 nitrogen and oxygen atoms in total. The molecule has 3 rings (SSSR count). The minimum absolute atomic E-state index is 0.119. The summed E-state index contributed by atoms with van der Waals surface area (Å²) in [6, 6.07) is -1.01. The maximum absolute atomic E-state index is 13.1. The molecule has 3 saturated heterocycles. The second-order valence-corrected chi connectivity index (χ2v) is 17.9. The van der Waals surface area contributed by atoms with E-state index in [1.54, 1.807) is 6.08 Å². The van der Waals surface area contributed by atoms with E-state index in [9.17, 15) is 61.0 Å². The fourth-order valence-electron chi connectivity index (χ4n) is 8.14. The molecule has 398 valence electrons. The van der Waals surface area contributed by atoms with Crippen LogP contribution in [0.15, 0.2) is 60.8 Å². The first-order chi connectivity index (χ1) is 33.3. The average molecular weight is 988 g/mol. The number of hydrogen-bond donors (Lipinski definition) is 12. The largest absolute Gasteiger partial charge is 0.394 e. The molecule has 3 fully saturated rings. The second kappa shape index (κ2) is 34.8. The van der Waals surface area contributed by atoms with E-state index in [0.717, 1.165) is 44.9 Å². The lowest BCUT2D eigenvalue weighted by Gasteiger charge is -2.48. The van der Waals surface area contributed by atoms with Crippen molar-refractivity contribution in [2.45, 2.75) is 221 Å². The Hall–Kier alpha value is -2.51. The molecule has 17 atom stereocenters. The van der Waals surface area contributed by atoms with Gasteiger partial charge in [0, 0.05) is 6.42 Å². The number of nitrogens with one attached hydrogen (secondary N) is 1. The van der Waals surface area contributed by atoms with Crippen molar-refractivity contribution in [2.75, 3.05) is 26.4 Å². The van der Waals surface area contributed by atoms with Crippen LogP contribution < -0.4 is 5.32 Å². The van der Waals surface area contributed by atoms with E-state index in [0.29, 0.717) is 12.8 Å². The third-order valence-corrected chi connectivity index (χ3v) is 12.3. The highest BCUT2D eigenvalue weighted by atomic mass is 16.8. The quantitative estimate of drug-likeness (QED) is 0.0326. The summed E-state index contributed by atoms with van der Waals surface area (Å²) in [5, 5.41) is 119. The molecular formula is C50H85NO18. The summed E-state index contributed by atoms with van der Waals surface area (Å²) < 4.78 is 34.0. The molecule has 0 spiro atoms. The van der Waals surface area contributed by atoms with Gasteiger partial charge in [0.1, 0.15) is 73.2 Å². The summed E-state index contributed by atoms with van der Waals surface area (Å²) in [6.45, 7) is 1.47. The zero-order valence-electron chi connectivity index (χ0n) is 40.5. The number of carbonyl (C=O) groups is 1. The van der Waals surface area contributed by atoms with Crippen molar-refractivity contribution < 1.29 is 89.4 Å². The van der Waals surface area contributed by atoms with E-state index in [4.69, 9.17) is 28.4 Å². The fourth-order valence-corrected chi connectivity index (χ4v) is 8.14. The highest BCUT2D eigenvalue weighted by molar-refractivity contribution is 5.76. The van der Waals surface area contributed by atoms with Crippen molar-refractivity contribution in [1.82, 2.24) is 5.32 Å². The maximum Gasteiger partial charge on any atom is 0.220 e. The number of aliphatic hydroxyl groups is 11. The zero-order valence-corrected chi connectivity index (χ0v) is 40.5. The fraction of sp³-hybridized carbons (Fsp3) is 0.780. The van der Waals surface area contributed by atoms with Gasteiger partial charge in [0.25, 0.3) is 0 Å². The van der Waals surface area contributed by atoms with Crippen LogP contribution in [-0.4, -0.2) is 193 Å². The molecule has 69 heavy (non-hydrogen) atoms. The minimum atomic E-state index is -1.98. The molecule has 17 unspecified atom stereocenters. The first-order valence-electron chi connectivity index (χ1n) is 25.0. The van der Waals surface area contributed by atoms with Gasteiger partial charge in [-0.1, -0.05) is 126 Å². The Morgan fingerprint density at radius 3 is 1.54 bits per heavy atom. The van der Waals surface area contributed by atoms with Crippen LogP contribution in [0.2, 0.25) is 0 Å². The van der Waals surface area contributed by atoms with Gasteiger partial charge in [-0.05, 0) is 44.9 Å². The number of amides is 1. The first kappa shape index (κ1) is 60.8. The van der Waals surface area contributed by atoms with Gasteiger partial charge in [-0.15, -0.1) is 0 Å². The Kier molecular flexibility index (Phi) is 30.6. The van der Waals surface area contributed by atoms with E-state index in [1.165, 1.54) is 38.5 Å². The summed E-state index contributed by atoms with van der Waals surface area (Å²) >= 11 is 0. The first-order valence-corrected chi connectivity index (χ1v) is 25.0. The van der Waals surface area contributed by atoms with Crippen LogP contribution in [0, 0.1) is 0 Å². The van der Waals surface area contributed by atoms with Crippen molar-refractivity contribution in [1.29, 1.82) is 0 Å². The molecule has 0 aromatic carbocycles. The molecule has 19 heteroatoms. The minimum Gasteiger partial charge on any atom is -0.394 e. The van der Waals surface area contributed by atoms with Gasteiger partial charge >= 0.3 is 0 Å². The SMILES string of the molecule is CC/C=C\C/C=C\C/C=C\C/C=C\CCC(=O)NC(COC1OC(CO)C(OC2OC(CO)C(OC3OC(CO)C(O)C(O)C3O)C(O)C2O)C(O)C1O)C(O)/C=C/CCCCCCCCCCC. The van der Waals surface area contributed by atoms with Gasteiger partial charge < -0.3 is 89.9 Å². The Labute approximate surface area is 407 Å². The van der Waals surface area contributed by atoms with Gasteiger partial charge in [-0.2, -0.15) is 0 Å². The average Bonchev–Trinajstić information content (AvgIpc) is 3.34. The number of unbranched alkanes of at least 4 members (excludes halogenated alkanes) is 9. The number of rotatable bonds is 33. The van der Waals surface area contributed by atoms with E-state index >= 15 is 0 Å². The topological polar surface area (TPSA) is 307 Å². The predicted octanol–water partition coefficient (Wildman–Crippen LogP) is 1.36. The number of carbonyl (C=O) groups excluding carboxylic acids is 1. The van der Waals surface area contributed by atoms with E-state index in [-0.39, 0.29) is 18.9 Å². The van der Waals surface area contributed by atoms with Crippen LogP contribution in [0.25, 0.3) is 0 Å². The van der Waals surface area contributed by atoms with Crippen LogP contribution in [0.4, 0.5) is 0 Å². The molecule has 1 amide bonds. The van der Waals surface area contributed by atoms with Crippen LogP contribution >= 0.6 is 0 Å². The molecule has 0 bridgehead atoms. The van der Waals surface area contributed by atoms with E-state index in [1.807, 2.05) is 18.2 Å². The highest BCUT2D eigenvalue weighted by Gasteiger charge is 2.53. The molecule has 3 aliphatic heterocycles. The van der Waals surface area contributed by atoms with Gasteiger partial charge in [0.15, 0.2) is 18.9 Å². The summed E-state index contributed by atoms with van der Waals surface area (Å²) in [4.78, 5) is 13.1. The lowest BCUT2D eigenvalue weighted by Crippen LogP contribution is -2.66. The highest BCUT2D eigenvalue weighted by Crippen LogP contribution is 2.33. The molecule has 0 aliphatic carbocycles. The Balaban J connectivity index is 1.60. The van der Waals surface area contributed by atoms with Gasteiger partial charge in [0.2, 0.25) is 5.91 Å². The second-order valence-electron chi connectivity index (χ2n) is 17.9. The van der Waals surface area contributed by atoms with E-state index in [2.05, 4.69) is 55.6 Å². The monoisotopic (exact) mass is 988 g/mol. The van der Waals surface area contributed by atoms with Crippen LogP contribution in [0.3, 0.4) is 0 Å². The maximum atomic E-state index is 13.1. The number of allylic oxidation sites excluding steroid dienone is 9. The Morgan fingerprint density at radius 1 is 0.536 bits per heavy atom. The van der Waals surface area contributed by atoms with Crippen molar-refractivity contribution in [2.24, 2.45) is 0 Å². The van der Waals surface area contributed by atoms with Crippen molar-refractivity contribution in [3.8, 4) is 0 Å². The standard InChI is InChI=1S/C50H85NO18/c1-3-5-7-9-11-13-15-16-18-20-22-24-26-28-38(56)51-33(34(55)27-25-23-21-19-17-14-12-10-8-6-4-2)32-64-48-44(62)41(59)46(36(30-53)66-48)69-50-45(63)42(60)47(37(31-54)67-50)68-49-43(61)40(58)39(57)35(29-52)65-49/h5,7,11,13,16,18,22,24-25,27,33-37,39-50,52-55,57-63H,3-4,6,8-10,12,14-15,17,19-21,23,26,28-32H2,1-2H3,(H,51,56)/b7-5-,13-11-,18-16-,24-22-,27-25+. The van der Waals surface area contributed by atoms with Crippen LogP contribution in [-0.2, 0) is 33.2 Å². The predicted molar refractivity (Wildman–Crippen MR) is 254 cm³/mol. The summed E-state index contributed by atoms with van der Waals surface area (Å²) in [6.07, 6.45) is 8.25. The normalized spacial score (nSPS) is 33.4. The zero-order chi connectivity index (χ0) is 50.6. The molecule has 0 aromatic heterocycles. The van der Waals surface area contributed by atoms with Crippen LogP contribution in [0.5, 0.6) is 0 Å². The number of ether oxygens (including phenoxy) is 6.